The maximum atomic E-state index is 12.9. The van der Waals surface area contributed by atoms with Crippen LogP contribution in [0.4, 0.5) is 0 Å². The predicted octanol–water partition coefficient (Wildman–Crippen LogP) is 2.39. The van der Waals surface area contributed by atoms with E-state index >= 15 is 0 Å². The number of hydrogen-bond donors (Lipinski definition) is 1. The van der Waals surface area contributed by atoms with Crippen LogP contribution in [0, 0.1) is 0 Å². The summed E-state index contributed by atoms with van der Waals surface area (Å²) in [5, 5.41) is 0. The van der Waals surface area contributed by atoms with Crippen LogP contribution in [0.2, 0.25) is 0 Å². The van der Waals surface area contributed by atoms with Crippen LogP contribution in [0.1, 0.15) is 17.5 Å². The second kappa shape index (κ2) is 9.08. The molecule has 0 saturated carbocycles. The molecule has 0 aromatic heterocycles. The molecular weight excluding hydrogens is 356 g/mol. The molecule has 28 heavy (non-hydrogen) atoms. The summed E-state index contributed by atoms with van der Waals surface area (Å²) in [6.45, 7) is 0. The molecule has 0 aliphatic carbocycles. The number of benzene rings is 2. The highest BCUT2D eigenvalue weighted by Crippen LogP contribution is 2.22. The molecule has 0 saturated heterocycles. The Labute approximate surface area is 164 Å². The molecule has 1 aliphatic heterocycles. The zero-order valence-corrected chi connectivity index (χ0v) is 15.8. The number of ether oxygens (including phenoxy) is 2. The first-order valence-electron chi connectivity index (χ1n) is 9.18. The van der Waals surface area contributed by atoms with E-state index in [-0.39, 0.29) is 24.1 Å². The van der Waals surface area contributed by atoms with Crippen LogP contribution in [0.3, 0.4) is 0 Å². The van der Waals surface area contributed by atoms with Gasteiger partial charge in [-0.25, -0.2) is 0 Å². The van der Waals surface area contributed by atoms with Gasteiger partial charge in [0.05, 0.1) is 0 Å². The van der Waals surface area contributed by atoms with E-state index in [0.717, 1.165) is 11.1 Å². The molecule has 2 aromatic carbocycles. The Morgan fingerprint density at radius 1 is 1.04 bits per heavy atom. The summed E-state index contributed by atoms with van der Waals surface area (Å²) in [6, 6.07) is 19.1. The van der Waals surface area contributed by atoms with E-state index in [1.54, 1.807) is 7.05 Å². The molecular formula is C22H24N2O4. The molecule has 3 rings (SSSR count). The van der Waals surface area contributed by atoms with Gasteiger partial charge in [-0.15, -0.1) is 0 Å². The fourth-order valence-corrected chi connectivity index (χ4v) is 3.14. The summed E-state index contributed by atoms with van der Waals surface area (Å²) in [7, 11) is 1.65. The van der Waals surface area contributed by atoms with Crippen molar-refractivity contribution in [3.05, 3.63) is 83.8 Å². The lowest BCUT2D eigenvalue weighted by molar-refractivity contribution is -0.134. The number of rotatable bonds is 8. The van der Waals surface area contributed by atoms with Gasteiger partial charge in [0.1, 0.15) is 6.26 Å². The molecule has 2 aromatic rings. The summed E-state index contributed by atoms with van der Waals surface area (Å²) in [4.78, 5) is 25.9. The fourth-order valence-electron chi connectivity index (χ4n) is 3.14. The van der Waals surface area contributed by atoms with Crippen molar-refractivity contribution >= 4 is 11.8 Å². The van der Waals surface area contributed by atoms with Gasteiger partial charge in [-0.1, -0.05) is 60.7 Å². The van der Waals surface area contributed by atoms with E-state index in [0.29, 0.717) is 12.8 Å². The van der Waals surface area contributed by atoms with Gasteiger partial charge in [0, 0.05) is 25.9 Å². The first-order valence-corrected chi connectivity index (χ1v) is 9.18. The monoisotopic (exact) mass is 380 g/mol. The van der Waals surface area contributed by atoms with E-state index < -0.39 is 12.2 Å². The van der Waals surface area contributed by atoms with Crippen LogP contribution in [-0.4, -0.2) is 36.1 Å². The zero-order valence-electron chi connectivity index (χ0n) is 15.8. The number of hydrogen-bond acceptors (Lipinski definition) is 4. The zero-order chi connectivity index (χ0) is 19.9. The van der Waals surface area contributed by atoms with Gasteiger partial charge in [-0.05, 0) is 17.5 Å². The minimum atomic E-state index is -0.543. The predicted molar refractivity (Wildman–Crippen MR) is 105 cm³/mol. The van der Waals surface area contributed by atoms with Crippen LogP contribution >= 0.6 is 0 Å². The molecule has 2 N–H and O–H groups in total. The second-order valence-electron chi connectivity index (χ2n) is 6.79. The lowest BCUT2D eigenvalue weighted by atomic mass is 10.0. The van der Waals surface area contributed by atoms with Crippen molar-refractivity contribution < 1.29 is 19.1 Å². The number of nitrogens with two attached hydrogens (primary N) is 1. The highest BCUT2D eigenvalue weighted by atomic mass is 16.7. The van der Waals surface area contributed by atoms with Crippen molar-refractivity contribution in [3.8, 4) is 0 Å². The SMILES string of the molecule is CN(C(=O)C1=COC(Cc2ccccc2)O1)[C@@H](CC(N)=O)Cc1ccccc1. The second-order valence-corrected chi connectivity index (χ2v) is 6.79. The molecule has 0 fully saturated rings. The lowest BCUT2D eigenvalue weighted by Crippen LogP contribution is -2.42. The number of amides is 2. The largest absolute Gasteiger partial charge is 0.458 e. The molecule has 1 heterocycles. The summed E-state index contributed by atoms with van der Waals surface area (Å²) in [6.07, 6.45) is 1.92. The smallest absolute Gasteiger partial charge is 0.292 e. The number of nitrogens with zero attached hydrogens (tertiary/aromatic N) is 1. The van der Waals surface area contributed by atoms with Crippen LogP contribution in [0.5, 0.6) is 0 Å². The highest BCUT2D eigenvalue weighted by Gasteiger charge is 2.31. The van der Waals surface area contributed by atoms with Crippen molar-refractivity contribution in [1.29, 1.82) is 0 Å². The van der Waals surface area contributed by atoms with Gasteiger partial charge in [-0.2, -0.15) is 0 Å². The average molecular weight is 380 g/mol. The molecule has 2 atom stereocenters. The van der Waals surface area contributed by atoms with Gasteiger partial charge in [-0.3, -0.25) is 9.59 Å². The average Bonchev–Trinajstić information content (AvgIpc) is 3.16. The molecule has 6 nitrogen and oxygen atoms in total. The molecule has 0 bridgehead atoms. The Morgan fingerprint density at radius 3 is 2.25 bits per heavy atom. The molecule has 0 radical (unpaired) electrons. The van der Waals surface area contributed by atoms with Crippen molar-refractivity contribution in [2.75, 3.05) is 7.05 Å². The Balaban J connectivity index is 1.63. The van der Waals surface area contributed by atoms with Crippen molar-refractivity contribution in [1.82, 2.24) is 4.90 Å². The van der Waals surface area contributed by atoms with Crippen LogP contribution in [0.25, 0.3) is 0 Å². The Hall–Kier alpha value is -3.28. The summed E-state index contributed by atoms with van der Waals surface area (Å²) >= 11 is 0. The molecule has 1 aliphatic rings. The lowest BCUT2D eigenvalue weighted by Gasteiger charge is -2.27. The van der Waals surface area contributed by atoms with Crippen LogP contribution < -0.4 is 5.73 Å². The third-order valence-corrected chi connectivity index (χ3v) is 4.66. The van der Waals surface area contributed by atoms with Crippen molar-refractivity contribution in [2.24, 2.45) is 5.73 Å². The maximum absolute atomic E-state index is 12.9. The molecule has 1 unspecified atom stereocenters. The summed E-state index contributed by atoms with van der Waals surface area (Å²) in [5.74, 6) is -0.663. The van der Waals surface area contributed by atoms with Crippen LogP contribution in [0.15, 0.2) is 72.7 Å². The third-order valence-electron chi connectivity index (χ3n) is 4.66. The normalized spacial score (nSPS) is 16.5. The van der Waals surface area contributed by atoms with Gasteiger partial charge >= 0.3 is 0 Å². The van der Waals surface area contributed by atoms with E-state index in [1.165, 1.54) is 11.2 Å². The molecule has 6 heteroatoms. The third kappa shape index (κ3) is 5.13. The number of carbonyl (C=O) groups is 2. The van der Waals surface area contributed by atoms with Gasteiger partial charge in [0.2, 0.25) is 18.0 Å². The highest BCUT2D eigenvalue weighted by molar-refractivity contribution is 5.92. The van der Waals surface area contributed by atoms with Gasteiger partial charge in [0.25, 0.3) is 5.91 Å². The maximum Gasteiger partial charge on any atom is 0.292 e. The minimum absolute atomic E-state index is 0.0682. The standard InChI is InChI=1S/C22H24N2O4/c1-24(18(14-20(23)25)12-16-8-4-2-5-9-16)22(26)19-15-27-21(28-19)13-17-10-6-3-7-11-17/h2-11,15,18,21H,12-14H2,1H3,(H2,23,25)/t18-,21?/m1/s1. The van der Waals surface area contributed by atoms with E-state index in [9.17, 15) is 9.59 Å². The fraction of sp³-hybridized carbons (Fsp3) is 0.273. The molecule has 0 spiro atoms. The first kappa shape index (κ1) is 19.5. The van der Waals surface area contributed by atoms with Gasteiger partial charge < -0.3 is 20.1 Å². The number of likely N-dealkylation sites (N-methyl/N-ethyl adjacent to an activating group) is 1. The quantitative estimate of drug-likeness (QED) is 0.762. The summed E-state index contributed by atoms with van der Waals surface area (Å²) < 4.78 is 11.2. The van der Waals surface area contributed by atoms with Crippen LogP contribution in [-0.2, 0) is 31.9 Å². The summed E-state index contributed by atoms with van der Waals surface area (Å²) in [5.41, 5.74) is 7.47. The Morgan fingerprint density at radius 2 is 1.64 bits per heavy atom. The molecule has 146 valence electrons. The number of primary amides is 1. The van der Waals surface area contributed by atoms with E-state index in [1.807, 2.05) is 60.7 Å². The Bertz CT molecular complexity index is 836. The Kier molecular flexibility index (Phi) is 6.32. The van der Waals surface area contributed by atoms with E-state index in [2.05, 4.69) is 0 Å². The molecule has 2 amide bonds. The first-order chi connectivity index (χ1) is 13.5. The number of carbonyl (C=O) groups excluding carboxylic acids is 2. The topological polar surface area (TPSA) is 81.9 Å². The van der Waals surface area contributed by atoms with Crippen molar-refractivity contribution in [3.63, 3.8) is 0 Å². The van der Waals surface area contributed by atoms with E-state index in [4.69, 9.17) is 15.2 Å². The van der Waals surface area contributed by atoms with Crippen molar-refractivity contribution in [2.45, 2.75) is 31.6 Å². The minimum Gasteiger partial charge on any atom is -0.458 e. The van der Waals surface area contributed by atoms with Gasteiger partial charge in [0.15, 0.2) is 0 Å².